The molecule has 2 aromatic heterocycles. The molecule has 0 aliphatic heterocycles. The van der Waals surface area contributed by atoms with Gasteiger partial charge in [-0.2, -0.15) is 0 Å². The molecule has 2 heterocycles. The molecule has 0 atom stereocenters. The number of benzene rings is 2. The second-order valence-electron chi connectivity index (χ2n) is 5.84. The lowest BCUT2D eigenvalue weighted by Crippen LogP contribution is -3.00. The molecule has 2 aromatic carbocycles. The molecule has 0 bridgehead atoms. The molecule has 5 heteroatoms. The molecule has 0 saturated heterocycles. The van der Waals surface area contributed by atoms with E-state index in [-0.39, 0.29) is 22.8 Å². The molecule has 126 valence electrons. The Kier molecular flexibility index (Phi) is 4.95. The van der Waals surface area contributed by atoms with E-state index in [0.29, 0.717) is 18.0 Å². The van der Waals surface area contributed by atoms with Crippen molar-refractivity contribution in [1.29, 1.82) is 0 Å². The van der Waals surface area contributed by atoms with Crippen molar-refractivity contribution in [3.63, 3.8) is 0 Å². The fourth-order valence-corrected chi connectivity index (χ4v) is 2.69. The zero-order valence-electron chi connectivity index (χ0n) is 13.6. The van der Waals surface area contributed by atoms with Gasteiger partial charge in [-0.25, -0.2) is 13.9 Å². The Hall–Kier alpha value is -2.53. The predicted octanol–water partition coefficient (Wildman–Crippen LogP) is 1.28. The molecule has 25 heavy (non-hydrogen) atoms. The fraction of sp³-hybridized carbons (Fsp3) is 0.100. The van der Waals surface area contributed by atoms with E-state index in [4.69, 9.17) is 4.42 Å². The van der Waals surface area contributed by atoms with Crippen molar-refractivity contribution in [3.05, 3.63) is 83.9 Å². The van der Waals surface area contributed by atoms with Crippen LogP contribution in [0.3, 0.4) is 0 Å². The van der Waals surface area contributed by atoms with Gasteiger partial charge in [-0.3, -0.25) is 0 Å². The highest BCUT2D eigenvalue weighted by Gasteiger charge is 2.11. The van der Waals surface area contributed by atoms with Crippen LogP contribution in [0.5, 0.6) is 0 Å². The van der Waals surface area contributed by atoms with Crippen LogP contribution in [0.1, 0.15) is 11.1 Å². The second kappa shape index (κ2) is 7.15. The fourth-order valence-electron chi connectivity index (χ4n) is 2.69. The summed E-state index contributed by atoms with van der Waals surface area (Å²) >= 11 is 0. The van der Waals surface area contributed by atoms with E-state index in [9.17, 15) is 4.39 Å². The van der Waals surface area contributed by atoms with Crippen LogP contribution >= 0.6 is 0 Å². The number of aryl methyl sites for hydroxylation is 1. The van der Waals surface area contributed by atoms with E-state index >= 15 is 0 Å². The normalized spacial score (nSPS) is 10.6. The number of rotatable bonds is 3. The minimum atomic E-state index is -0.191. The van der Waals surface area contributed by atoms with Crippen LogP contribution in [0, 0.1) is 12.7 Å². The van der Waals surface area contributed by atoms with Gasteiger partial charge in [0.1, 0.15) is 11.3 Å². The van der Waals surface area contributed by atoms with E-state index in [2.05, 4.69) is 4.98 Å². The third kappa shape index (κ3) is 3.61. The van der Waals surface area contributed by atoms with Crippen LogP contribution in [0.4, 0.5) is 4.39 Å². The second-order valence-corrected chi connectivity index (χ2v) is 5.84. The summed E-state index contributed by atoms with van der Waals surface area (Å²) in [6, 6.07) is 16.6. The molecule has 3 nitrogen and oxygen atoms in total. The molecule has 0 unspecified atom stereocenters. The molecule has 0 fully saturated rings. The molecule has 4 aromatic rings. The van der Waals surface area contributed by atoms with Crippen molar-refractivity contribution in [2.75, 3.05) is 0 Å². The number of hydrogen-bond acceptors (Lipinski definition) is 2. The molecule has 0 aliphatic carbocycles. The number of hydrogen-bond donors (Lipinski definition) is 0. The highest BCUT2D eigenvalue weighted by atomic mass is 79.9. The van der Waals surface area contributed by atoms with Crippen LogP contribution in [0.2, 0.25) is 0 Å². The van der Waals surface area contributed by atoms with Gasteiger partial charge in [0.25, 0.3) is 0 Å². The highest BCUT2D eigenvalue weighted by Crippen LogP contribution is 2.24. The minimum absolute atomic E-state index is 0. The number of pyridine rings is 1. The third-order valence-electron chi connectivity index (χ3n) is 3.99. The lowest BCUT2D eigenvalue weighted by Gasteiger charge is -2.00. The average molecular weight is 399 g/mol. The van der Waals surface area contributed by atoms with Crippen LogP contribution < -0.4 is 21.5 Å². The molecule has 0 aliphatic rings. The first-order valence-electron chi connectivity index (χ1n) is 7.79. The van der Waals surface area contributed by atoms with E-state index in [1.54, 1.807) is 12.1 Å². The number of fused-ring (bicyclic) bond motifs is 1. The van der Waals surface area contributed by atoms with Crippen molar-refractivity contribution in [2.45, 2.75) is 13.5 Å². The largest absolute Gasteiger partial charge is 1.00 e. The number of aromatic nitrogens is 2. The zero-order valence-corrected chi connectivity index (χ0v) is 15.2. The minimum Gasteiger partial charge on any atom is -1.00 e. The van der Waals surface area contributed by atoms with E-state index in [0.717, 1.165) is 22.2 Å². The van der Waals surface area contributed by atoms with E-state index in [1.165, 1.54) is 6.07 Å². The van der Waals surface area contributed by atoms with Crippen molar-refractivity contribution < 1.29 is 30.4 Å². The summed E-state index contributed by atoms with van der Waals surface area (Å²) in [5.74, 6) is 0.400. The summed E-state index contributed by atoms with van der Waals surface area (Å²) in [6.07, 6.45) is 3.81. The van der Waals surface area contributed by atoms with E-state index < -0.39 is 0 Å². The van der Waals surface area contributed by atoms with Gasteiger partial charge < -0.3 is 21.4 Å². The Morgan fingerprint density at radius 3 is 2.56 bits per heavy atom. The van der Waals surface area contributed by atoms with Crippen LogP contribution in [0.25, 0.3) is 22.6 Å². The molecule has 0 spiro atoms. The Balaban J connectivity index is 0.00000182. The van der Waals surface area contributed by atoms with Gasteiger partial charge in [-0.05, 0) is 36.8 Å². The number of halogens is 2. The SMILES string of the molecule is Cc1ccc2oc(-c3cc[n+](Cc4ccccc4F)cc3)nc2c1.[Br-]. The monoisotopic (exact) mass is 398 g/mol. The molecule has 0 saturated carbocycles. The first kappa shape index (κ1) is 17.3. The quantitative estimate of drug-likeness (QED) is 0.486. The summed E-state index contributed by atoms with van der Waals surface area (Å²) in [7, 11) is 0. The van der Waals surface area contributed by atoms with Gasteiger partial charge in [0, 0.05) is 17.7 Å². The van der Waals surface area contributed by atoms with Crippen molar-refractivity contribution >= 4 is 11.1 Å². The maximum Gasteiger partial charge on any atom is 0.227 e. The smallest absolute Gasteiger partial charge is 0.227 e. The summed E-state index contributed by atoms with van der Waals surface area (Å²) in [6.45, 7) is 2.52. The van der Waals surface area contributed by atoms with Crippen molar-refractivity contribution in [2.24, 2.45) is 0 Å². The Bertz CT molecular complexity index is 1010. The average Bonchev–Trinajstić information content (AvgIpc) is 3.01. The molecule has 4 rings (SSSR count). The van der Waals surface area contributed by atoms with Gasteiger partial charge in [0.05, 0.1) is 5.56 Å². The molecule has 0 amide bonds. The standard InChI is InChI=1S/C20H16FN2O.BrH/c1-14-6-7-19-18(12-14)22-20(24-19)15-8-10-23(11-9-15)13-16-4-2-3-5-17(16)21;/h2-12H,13H2,1H3;1H/q+1;/p-1. The Morgan fingerprint density at radius 1 is 1.04 bits per heavy atom. The van der Waals surface area contributed by atoms with Crippen LogP contribution in [0.15, 0.2) is 71.4 Å². The number of nitrogens with zero attached hydrogens (tertiary/aromatic N) is 2. The number of oxazole rings is 1. The predicted molar refractivity (Wildman–Crippen MR) is 89.9 cm³/mol. The van der Waals surface area contributed by atoms with Crippen molar-refractivity contribution in [1.82, 2.24) is 4.98 Å². The first-order chi connectivity index (χ1) is 11.7. The van der Waals surface area contributed by atoms with E-state index in [1.807, 2.05) is 60.3 Å². The molecular formula is C20H16BrFN2O. The summed E-state index contributed by atoms with van der Waals surface area (Å²) < 4.78 is 21.5. The summed E-state index contributed by atoms with van der Waals surface area (Å²) in [5.41, 5.74) is 4.34. The van der Waals surface area contributed by atoms with Gasteiger partial charge in [-0.1, -0.05) is 18.2 Å². The van der Waals surface area contributed by atoms with Gasteiger partial charge in [-0.15, -0.1) is 0 Å². The van der Waals surface area contributed by atoms with Crippen LogP contribution in [-0.2, 0) is 6.54 Å². The summed E-state index contributed by atoms with van der Waals surface area (Å²) in [5, 5.41) is 0. The Labute approximate surface area is 155 Å². The zero-order chi connectivity index (χ0) is 16.5. The first-order valence-corrected chi connectivity index (χ1v) is 7.79. The van der Waals surface area contributed by atoms with Crippen LogP contribution in [-0.4, -0.2) is 4.98 Å². The maximum absolute atomic E-state index is 13.7. The molecule has 0 radical (unpaired) electrons. The van der Waals surface area contributed by atoms with Gasteiger partial charge in [0.2, 0.25) is 5.89 Å². The van der Waals surface area contributed by atoms with Crippen molar-refractivity contribution in [3.8, 4) is 11.5 Å². The Morgan fingerprint density at radius 2 is 1.80 bits per heavy atom. The topological polar surface area (TPSA) is 29.9 Å². The van der Waals surface area contributed by atoms with Gasteiger partial charge in [0.15, 0.2) is 24.5 Å². The highest BCUT2D eigenvalue weighted by molar-refractivity contribution is 5.76. The summed E-state index contributed by atoms with van der Waals surface area (Å²) in [4.78, 5) is 4.54. The molecular weight excluding hydrogens is 383 g/mol. The lowest BCUT2D eigenvalue weighted by molar-refractivity contribution is -0.688. The lowest BCUT2D eigenvalue weighted by atomic mass is 10.2. The third-order valence-corrected chi connectivity index (χ3v) is 3.99. The maximum atomic E-state index is 13.7. The molecule has 0 N–H and O–H groups in total. The van der Waals surface area contributed by atoms with Gasteiger partial charge >= 0.3 is 0 Å².